The lowest BCUT2D eigenvalue weighted by Gasteiger charge is -2.29. The molecule has 112 valence electrons. The summed E-state index contributed by atoms with van der Waals surface area (Å²) < 4.78 is 6.14. The van der Waals surface area contributed by atoms with Crippen LogP contribution in [0.3, 0.4) is 0 Å². The molecule has 1 heterocycles. The minimum Gasteiger partial charge on any atom is -0.368 e. The smallest absolute Gasteiger partial charge is 0.0787 e. The lowest BCUT2D eigenvalue weighted by molar-refractivity contribution is -0.0698. The third kappa shape index (κ3) is 4.19. The Morgan fingerprint density at radius 3 is 2.21 bits per heavy atom. The summed E-state index contributed by atoms with van der Waals surface area (Å²) in [4.78, 5) is 0. The van der Waals surface area contributed by atoms with Crippen molar-refractivity contribution in [2.45, 2.75) is 90.4 Å². The Morgan fingerprint density at radius 2 is 1.68 bits per heavy atom. The van der Waals surface area contributed by atoms with Crippen LogP contribution in [0.1, 0.15) is 73.1 Å². The fourth-order valence-corrected chi connectivity index (χ4v) is 3.96. The molecule has 19 heavy (non-hydrogen) atoms. The predicted molar refractivity (Wildman–Crippen MR) is 81.4 cm³/mol. The molecule has 2 aliphatic rings. The monoisotopic (exact) mass is 267 g/mol. The van der Waals surface area contributed by atoms with Crippen molar-refractivity contribution >= 4 is 0 Å². The number of nitrogens with one attached hydrogen (secondary N) is 1. The largest absolute Gasteiger partial charge is 0.368 e. The fraction of sp³-hybridized carbons (Fsp3) is 1.00. The van der Waals surface area contributed by atoms with E-state index in [1.54, 1.807) is 0 Å². The highest BCUT2D eigenvalue weighted by atomic mass is 16.5. The number of ether oxygens (including phenoxy) is 1. The zero-order chi connectivity index (χ0) is 14.1. The van der Waals surface area contributed by atoms with E-state index in [-0.39, 0.29) is 11.2 Å². The second-order valence-corrected chi connectivity index (χ2v) is 8.09. The Hall–Kier alpha value is -0.0800. The van der Waals surface area contributed by atoms with Crippen molar-refractivity contribution in [3.63, 3.8) is 0 Å². The number of hydrogen-bond acceptors (Lipinski definition) is 2. The van der Waals surface area contributed by atoms with Gasteiger partial charge >= 0.3 is 0 Å². The van der Waals surface area contributed by atoms with Crippen molar-refractivity contribution in [2.24, 2.45) is 11.8 Å². The van der Waals surface area contributed by atoms with E-state index < -0.39 is 0 Å². The molecule has 1 atom stereocenters. The molecular formula is C17H33NO. The Balaban J connectivity index is 1.71. The second kappa shape index (κ2) is 5.73. The molecule has 1 saturated heterocycles. The first-order valence-electron chi connectivity index (χ1n) is 8.22. The minimum absolute atomic E-state index is 0.0232. The average molecular weight is 267 g/mol. The summed E-state index contributed by atoms with van der Waals surface area (Å²) in [6, 6.07) is 0.505. The average Bonchev–Trinajstić information content (AvgIpc) is 2.49. The van der Waals surface area contributed by atoms with Gasteiger partial charge in [-0.3, -0.25) is 0 Å². The molecule has 2 fully saturated rings. The van der Waals surface area contributed by atoms with Crippen LogP contribution in [0.25, 0.3) is 0 Å². The first-order valence-corrected chi connectivity index (χ1v) is 8.22. The van der Waals surface area contributed by atoms with Gasteiger partial charge in [-0.25, -0.2) is 0 Å². The molecule has 0 aromatic carbocycles. The van der Waals surface area contributed by atoms with Crippen LogP contribution in [0.2, 0.25) is 0 Å². The van der Waals surface area contributed by atoms with Gasteiger partial charge in [0.25, 0.3) is 0 Å². The zero-order valence-electron chi connectivity index (χ0n) is 13.6. The summed E-state index contributed by atoms with van der Waals surface area (Å²) in [5, 5.41) is 3.76. The van der Waals surface area contributed by atoms with E-state index in [0.717, 1.165) is 24.8 Å². The molecule has 0 aromatic rings. The summed E-state index contributed by atoms with van der Waals surface area (Å²) in [7, 11) is 0. The maximum atomic E-state index is 6.14. The maximum Gasteiger partial charge on any atom is 0.0787 e. The standard InChI is InChI=1S/C17H33NO/c1-13-6-8-14(9-7-13)10-11-18-15-12-16(2,3)19-17(15,4)5/h13-15,18H,6-12H2,1-5H3. The molecule has 1 N–H and O–H groups in total. The Labute approximate surface area is 119 Å². The van der Waals surface area contributed by atoms with E-state index in [1.165, 1.54) is 32.1 Å². The lowest BCUT2D eigenvalue weighted by atomic mass is 9.81. The summed E-state index contributed by atoms with van der Waals surface area (Å²) >= 11 is 0. The van der Waals surface area contributed by atoms with Gasteiger partial charge < -0.3 is 10.1 Å². The van der Waals surface area contributed by atoms with Crippen LogP contribution in [0, 0.1) is 11.8 Å². The van der Waals surface area contributed by atoms with Gasteiger partial charge in [0.1, 0.15) is 0 Å². The number of rotatable bonds is 4. The van der Waals surface area contributed by atoms with E-state index in [2.05, 4.69) is 39.9 Å². The van der Waals surface area contributed by atoms with Gasteiger partial charge in [-0.15, -0.1) is 0 Å². The van der Waals surface area contributed by atoms with Gasteiger partial charge in [0.2, 0.25) is 0 Å². The first-order chi connectivity index (χ1) is 8.78. The second-order valence-electron chi connectivity index (χ2n) is 8.09. The van der Waals surface area contributed by atoms with Gasteiger partial charge in [-0.05, 0) is 58.9 Å². The summed E-state index contributed by atoms with van der Waals surface area (Å²) in [6.07, 6.45) is 8.24. The maximum absolute atomic E-state index is 6.14. The molecule has 1 aliphatic heterocycles. The van der Waals surface area contributed by atoms with Crippen LogP contribution in [-0.2, 0) is 4.74 Å². The highest BCUT2D eigenvalue weighted by molar-refractivity contribution is 4.98. The SMILES string of the molecule is CC1CCC(CCNC2CC(C)(C)OC2(C)C)CC1. The highest BCUT2D eigenvalue weighted by Crippen LogP contribution is 2.37. The van der Waals surface area contributed by atoms with E-state index in [0.29, 0.717) is 6.04 Å². The van der Waals surface area contributed by atoms with Gasteiger partial charge in [-0.2, -0.15) is 0 Å². The van der Waals surface area contributed by atoms with Crippen LogP contribution in [-0.4, -0.2) is 23.8 Å². The topological polar surface area (TPSA) is 21.3 Å². The van der Waals surface area contributed by atoms with Crippen molar-refractivity contribution in [1.29, 1.82) is 0 Å². The van der Waals surface area contributed by atoms with Crippen molar-refractivity contribution in [3.8, 4) is 0 Å². The molecule has 2 nitrogen and oxygen atoms in total. The minimum atomic E-state index is -0.0232. The van der Waals surface area contributed by atoms with Gasteiger partial charge in [-0.1, -0.05) is 32.6 Å². The van der Waals surface area contributed by atoms with E-state index in [9.17, 15) is 0 Å². The summed E-state index contributed by atoms with van der Waals surface area (Å²) in [5.74, 6) is 1.93. The normalized spacial score (nSPS) is 37.4. The van der Waals surface area contributed by atoms with E-state index >= 15 is 0 Å². The Morgan fingerprint density at radius 1 is 1.05 bits per heavy atom. The van der Waals surface area contributed by atoms with Crippen LogP contribution in [0.5, 0.6) is 0 Å². The van der Waals surface area contributed by atoms with E-state index in [4.69, 9.17) is 4.74 Å². The van der Waals surface area contributed by atoms with Crippen molar-refractivity contribution in [2.75, 3.05) is 6.54 Å². The first kappa shape index (κ1) is 15.3. The van der Waals surface area contributed by atoms with Crippen LogP contribution in [0.4, 0.5) is 0 Å². The molecular weight excluding hydrogens is 234 g/mol. The molecule has 0 radical (unpaired) electrons. The van der Waals surface area contributed by atoms with Crippen LogP contribution < -0.4 is 5.32 Å². The molecule has 0 aromatic heterocycles. The molecule has 2 heteroatoms. The van der Waals surface area contributed by atoms with Crippen LogP contribution in [0.15, 0.2) is 0 Å². The third-order valence-corrected chi connectivity index (χ3v) is 5.15. The van der Waals surface area contributed by atoms with Gasteiger partial charge in [0.15, 0.2) is 0 Å². The molecule has 1 aliphatic carbocycles. The Kier molecular flexibility index (Phi) is 4.62. The third-order valence-electron chi connectivity index (χ3n) is 5.15. The molecule has 0 bridgehead atoms. The van der Waals surface area contributed by atoms with Crippen molar-refractivity contribution < 1.29 is 4.74 Å². The summed E-state index contributed by atoms with van der Waals surface area (Å²) in [5.41, 5.74) is 0.00597. The Bertz CT molecular complexity index is 290. The molecule has 1 saturated carbocycles. The van der Waals surface area contributed by atoms with Crippen molar-refractivity contribution in [3.05, 3.63) is 0 Å². The molecule has 2 rings (SSSR count). The molecule has 0 spiro atoms. The van der Waals surface area contributed by atoms with Crippen molar-refractivity contribution in [1.82, 2.24) is 5.32 Å². The highest BCUT2D eigenvalue weighted by Gasteiger charge is 2.45. The summed E-state index contributed by atoms with van der Waals surface area (Å²) in [6.45, 7) is 12.4. The predicted octanol–water partition coefficient (Wildman–Crippen LogP) is 4.14. The lowest BCUT2D eigenvalue weighted by Crippen LogP contribution is -2.44. The molecule has 0 amide bonds. The van der Waals surface area contributed by atoms with Gasteiger partial charge in [0, 0.05) is 6.04 Å². The van der Waals surface area contributed by atoms with Gasteiger partial charge in [0.05, 0.1) is 11.2 Å². The quantitative estimate of drug-likeness (QED) is 0.826. The molecule has 1 unspecified atom stereocenters. The zero-order valence-corrected chi connectivity index (χ0v) is 13.6. The van der Waals surface area contributed by atoms with E-state index in [1.807, 2.05) is 0 Å². The fourth-order valence-electron chi connectivity index (χ4n) is 3.96. The number of hydrogen-bond donors (Lipinski definition) is 1. The van der Waals surface area contributed by atoms with Crippen LogP contribution >= 0.6 is 0 Å².